The summed E-state index contributed by atoms with van der Waals surface area (Å²) < 4.78 is 0. The second-order valence-electron chi connectivity index (χ2n) is 3.59. The molecule has 2 N–H and O–H groups in total. The molecule has 0 saturated carbocycles. The van der Waals surface area contributed by atoms with Crippen LogP contribution >= 0.6 is 23.2 Å². The van der Waals surface area contributed by atoms with E-state index in [2.05, 4.69) is 0 Å². The number of alkyl halides is 1. The largest absolute Gasteiger partial charge is 0.309 e. The molecule has 1 aliphatic rings. The van der Waals surface area contributed by atoms with E-state index in [-0.39, 0.29) is 0 Å². The zero-order valence-corrected chi connectivity index (χ0v) is 9.59. The molecule has 0 fully saturated rings. The van der Waals surface area contributed by atoms with Crippen LogP contribution in [0.1, 0.15) is 12.0 Å². The van der Waals surface area contributed by atoms with Gasteiger partial charge in [-0.15, -0.1) is 0 Å². The summed E-state index contributed by atoms with van der Waals surface area (Å²) in [4.78, 5) is -0.820. The van der Waals surface area contributed by atoms with Gasteiger partial charge in [0.05, 0.1) is 0 Å². The van der Waals surface area contributed by atoms with Crippen LogP contribution in [0.15, 0.2) is 42.5 Å². The van der Waals surface area contributed by atoms with Crippen LogP contribution in [0.2, 0.25) is 5.02 Å². The van der Waals surface area contributed by atoms with E-state index in [4.69, 9.17) is 28.9 Å². The normalized spacial score (nSPS) is 25.1. The molecule has 1 aliphatic carbocycles. The van der Waals surface area contributed by atoms with Crippen LogP contribution in [0.25, 0.3) is 5.57 Å². The lowest BCUT2D eigenvalue weighted by Gasteiger charge is -2.26. The predicted octanol–water partition coefficient (Wildman–Crippen LogP) is 3.58. The molecular formula is C12H11Cl2N. The highest BCUT2D eigenvalue weighted by Gasteiger charge is 2.28. The first kappa shape index (κ1) is 10.7. The second-order valence-corrected chi connectivity index (χ2v) is 4.70. The van der Waals surface area contributed by atoms with Gasteiger partial charge in [-0.25, -0.2) is 0 Å². The minimum atomic E-state index is -0.820. The summed E-state index contributed by atoms with van der Waals surface area (Å²) in [6.07, 6.45) is 6.49. The zero-order valence-electron chi connectivity index (χ0n) is 8.08. The Balaban J connectivity index is 2.46. The van der Waals surface area contributed by atoms with E-state index in [0.717, 1.165) is 11.1 Å². The van der Waals surface area contributed by atoms with E-state index in [1.165, 1.54) is 0 Å². The van der Waals surface area contributed by atoms with Crippen LogP contribution in [-0.4, -0.2) is 5.00 Å². The SMILES string of the molecule is NC1(Cl)CC=CC=C1c1cccc(Cl)c1. The van der Waals surface area contributed by atoms with Crippen molar-refractivity contribution in [3.8, 4) is 0 Å². The van der Waals surface area contributed by atoms with E-state index in [0.29, 0.717) is 11.4 Å². The first-order valence-corrected chi connectivity index (χ1v) is 5.46. The van der Waals surface area contributed by atoms with Crippen LogP contribution in [0.3, 0.4) is 0 Å². The minimum Gasteiger partial charge on any atom is -0.309 e. The molecule has 0 radical (unpaired) electrons. The van der Waals surface area contributed by atoms with Gasteiger partial charge in [0.2, 0.25) is 0 Å². The number of hydrogen-bond donors (Lipinski definition) is 1. The first-order chi connectivity index (χ1) is 7.09. The van der Waals surface area contributed by atoms with Crippen molar-refractivity contribution in [1.29, 1.82) is 0 Å². The van der Waals surface area contributed by atoms with Gasteiger partial charge in [0.25, 0.3) is 0 Å². The highest BCUT2D eigenvalue weighted by atomic mass is 35.5. The third-order valence-electron chi connectivity index (χ3n) is 2.40. The molecule has 1 unspecified atom stereocenters. The third kappa shape index (κ3) is 2.25. The number of rotatable bonds is 1. The van der Waals surface area contributed by atoms with Crippen LogP contribution < -0.4 is 5.73 Å². The first-order valence-electron chi connectivity index (χ1n) is 4.71. The topological polar surface area (TPSA) is 26.0 Å². The van der Waals surface area contributed by atoms with Gasteiger partial charge in [-0.05, 0) is 23.3 Å². The second kappa shape index (κ2) is 4.01. The predicted molar refractivity (Wildman–Crippen MR) is 66.0 cm³/mol. The quantitative estimate of drug-likeness (QED) is 0.589. The standard InChI is InChI=1S/C12H11Cl2N/c13-10-5-3-4-9(8-10)11-6-1-2-7-12(11,14)15/h1-6,8H,7,15H2. The average Bonchev–Trinajstić information content (AvgIpc) is 2.17. The molecule has 0 bridgehead atoms. The Morgan fingerprint density at radius 3 is 2.80 bits per heavy atom. The molecule has 0 spiro atoms. The van der Waals surface area contributed by atoms with Gasteiger partial charge >= 0.3 is 0 Å². The summed E-state index contributed by atoms with van der Waals surface area (Å²) in [5, 5.41) is 0.690. The van der Waals surface area contributed by atoms with E-state index >= 15 is 0 Å². The molecule has 0 amide bonds. The summed E-state index contributed by atoms with van der Waals surface area (Å²) >= 11 is 12.2. The summed E-state index contributed by atoms with van der Waals surface area (Å²) in [6, 6.07) is 7.55. The van der Waals surface area contributed by atoms with Crippen molar-refractivity contribution in [3.63, 3.8) is 0 Å². The highest BCUT2D eigenvalue weighted by Crippen LogP contribution is 2.35. The lowest BCUT2D eigenvalue weighted by atomic mass is 9.92. The van der Waals surface area contributed by atoms with Crippen molar-refractivity contribution in [2.75, 3.05) is 0 Å². The highest BCUT2D eigenvalue weighted by molar-refractivity contribution is 6.32. The smallest absolute Gasteiger partial charge is 0.121 e. The van der Waals surface area contributed by atoms with E-state index < -0.39 is 5.00 Å². The number of nitrogens with two attached hydrogens (primary N) is 1. The average molecular weight is 240 g/mol. The number of hydrogen-bond acceptors (Lipinski definition) is 1. The molecule has 3 heteroatoms. The maximum atomic E-state index is 6.24. The number of allylic oxidation sites excluding steroid dienone is 2. The van der Waals surface area contributed by atoms with Gasteiger partial charge < -0.3 is 5.73 Å². The summed E-state index contributed by atoms with van der Waals surface area (Å²) in [6.45, 7) is 0. The van der Waals surface area contributed by atoms with Crippen molar-refractivity contribution >= 4 is 28.8 Å². The number of halogens is 2. The van der Waals surface area contributed by atoms with Crippen LogP contribution in [0.4, 0.5) is 0 Å². The zero-order chi connectivity index (χ0) is 10.9. The molecule has 1 nitrogen and oxygen atoms in total. The Bertz CT molecular complexity index is 433. The molecule has 15 heavy (non-hydrogen) atoms. The van der Waals surface area contributed by atoms with Crippen LogP contribution in [0, 0.1) is 0 Å². The molecule has 1 aromatic rings. The van der Waals surface area contributed by atoms with Crippen molar-refractivity contribution in [2.24, 2.45) is 5.73 Å². The fraction of sp³-hybridized carbons (Fsp3) is 0.167. The lowest BCUT2D eigenvalue weighted by Crippen LogP contribution is -2.34. The minimum absolute atomic E-state index is 0.632. The molecule has 0 saturated heterocycles. The third-order valence-corrected chi connectivity index (χ3v) is 2.99. The molecule has 2 rings (SSSR count). The fourth-order valence-electron chi connectivity index (χ4n) is 1.64. The van der Waals surface area contributed by atoms with Gasteiger partial charge in [-0.2, -0.15) is 0 Å². The van der Waals surface area contributed by atoms with Gasteiger partial charge in [0.1, 0.15) is 5.00 Å². The van der Waals surface area contributed by atoms with Crippen molar-refractivity contribution in [3.05, 3.63) is 53.1 Å². The Morgan fingerprint density at radius 1 is 1.33 bits per heavy atom. The van der Waals surface area contributed by atoms with E-state index in [1.54, 1.807) is 0 Å². The monoisotopic (exact) mass is 239 g/mol. The fourth-order valence-corrected chi connectivity index (χ4v) is 2.10. The maximum absolute atomic E-state index is 6.24. The Labute approximate surface area is 99.2 Å². The lowest BCUT2D eigenvalue weighted by molar-refractivity contribution is 0.763. The molecule has 1 atom stereocenters. The molecule has 0 aliphatic heterocycles. The van der Waals surface area contributed by atoms with Gasteiger partial charge in [-0.3, -0.25) is 0 Å². The molecule has 78 valence electrons. The molecule has 0 heterocycles. The molecule has 0 aromatic heterocycles. The maximum Gasteiger partial charge on any atom is 0.121 e. The summed E-state index contributed by atoms with van der Waals surface area (Å²) in [5.74, 6) is 0. The van der Waals surface area contributed by atoms with E-state index in [1.807, 2.05) is 42.5 Å². The Hall–Kier alpha value is -0.760. The van der Waals surface area contributed by atoms with Gasteiger partial charge in [0.15, 0.2) is 0 Å². The Kier molecular flexibility index (Phi) is 2.87. The summed E-state index contributed by atoms with van der Waals surface area (Å²) in [5.41, 5.74) is 7.89. The van der Waals surface area contributed by atoms with Gasteiger partial charge in [-0.1, -0.05) is 53.6 Å². The van der Waals surface area contributed by atoms with Crippen LogP contribution in [0.5, 0.6) is 0 Å². The van der Waals surface area contributed by atoms with Crippen molar-refractivity contribution < 1.29 is 0 Å². The molecule has 1 aromatic carbocycles. The van der Waals surface area contributed by atoms with Gasteiger partial charge in [0, 0.05) is 11.4 Å². The van der Waals surface area contributed by atoms with Crippen molar-refractivity contribution in [1.82, 2.24) is 0 Å². The van der Waals surface area contributed by atoms with E-state index in [9.17, 15) is 0 Å². The molecular weight excluding hydrogens is 229 g/mol. The summed E-state index contributed by atoms with van der Waals surface area (Å²) in [7, 11) is 0. The number of benzene rings is 1. The van der Waals surface area contributed by atoms with Crippen molar-refractivity contribution in [2.45, 2.75) is 11.4 Å². The Morgan fingerprint density at radius 2 is 2.13 bits per heavy atom. The van der Waals surface area contributed by atoms with Crippen LogP contribution in [-0.2, 0) is 0 Å².